The Morgan fingerprint density at radius 1 is 1.15 bits per heavy atom. The first-order chi connectivity index (χ1) is 12.5. The van der Waals surface area contributed by atoms with Crippen molar-refractivity contribution >= 4 is 22.5 Å². The molecule has 1 aromatic heterocycles. The van der Waals surface area contributed by atoms with E-state index in [-0.39, 0.29) is 23.2 Å². The topological polar surface area (TPSA) is 62.0 Å². The summed E-state index contributed by atoms with van der Waals surface area (Å²) in [5.41, 5.74) is 2.78. The zero-order valence-electron chi connectivity index (χ0n) is 14.8. The summed E-state index contributed by atoms with van der Waals surface area (Å²) in [6.07, 6.45) is 1.09. The predicted molar refractivity (Wildman–Crippen MR) is 102 cm³/mol. The lowest BCUT2D eigenvalue weighted by Gasteiger charge is -2.15. The van der Waals surface area contributed by atoms with Crippen LogP contribution >= 0.6 is 0 Å². The van der Waals surface area contributed by atoms with E-state index in [1.54, 1.807) is 25.1 Å². The van der Waals surface area contributed by atoms with Crippen LogP contribution in [0.2, 0.25) is 0 Å². The summed E-state index contributed by atoms with van der Waals surface area (Å²) in [7, 11) is 0. The Labute approximate surface area is 151 Å². The first kappa shape index (κ1) is 17.9. The van der Waals surface area contributed by atoms with Crippen molar-refractivity contribution in [3.63, 3.8) is 0 Å². The standard InChI is InChI=1S/C21H21FN2O2/c1-3-14(15-4-7-17(22)8-5-15)11-20(25)23-18-9-6-16-10-13(2)21(26)24-19(16)12-18/h4-10,12,14H,3,11H2,1-2H3,(H,23,25)(H,24,26). The summed E-state index contributed by atoms with van der Waals surface area (Å²) >= 11 is 0. The van der Waals surface area contributed by atoms with Crippen LogP contribution in [-0.4, -0.2) is 10.9 Å². The minimum atomic E-state index is -0.284. The molecule has 3 aromatic rings. The van der Waals surface area contributed by atoms with Crippen molar-refractivity contribution in [2.45, 2.75) is 32.6 Å². The average molecular weight is 352 g/mol. The maximum atomic E-state index is 13.1. The van der Waals surface area contributed by atoms with Gasteiger partial charge < -0.3 is 10.3 Å². The van der Waals surface area contributed by atoms with E-state index < -0.39 is 0 Å². The van der Waals surface area contributed by atoms with Gasteiger partial charge in [0.25, 0.3) is 5.56 Å². The van der Waals surface area contributed by atoms with E-state index in [1.807, 2.05) is 25.1 Å². The fraction of sp³-hybridized carbons (Fsp3) is 0.238. The zero-order chi connectivity index (χ0) is 18.7. The molecule has 4 nitrogen and oxygen atoms in total. The zero-order valence-corrected chi connectivity index (χ0v) is 14.8. The van der Waals surface area contributed by atoms with Crippen molar-refractivity contribution in [3.05, 3.63) is 75.8 Å². The summed E-state index contributed by atoms with van der Waals surface area (Å²) in [6.45, 7) is 3.76. The number of anilines is 1. The van der Waals surface area contributed by atoms with Gasteiger partial charge >= 0.3 is 0 Å². The van der Waals surface area contributed by atoms with Crippen molar-refractivity contribution in [3.8, 4) is 0 Å². The quantitative estimate of drug-likeness (QED) is 0.710. The molecule has 0 spiro atoms. The molecule has 1 atom stereocenters. The normalized spacial score (nSPS) is 12.1. The monoisotopic (exact) mass is 352 g/mol. The number of hydrogen-bond acceptors (Lipinski definition) is 2. The highest BCUT2D eigenvalue weighted by atomic mass is 19.1. The number of nitrogens with one attached hydrogen (secondary N) is 2. The summed E-state index contributed by atoms with van der Waals surface area (Å²) in [4.78, 5) is 27.0. The number of pyridine rings is 1. The molecule has 0 saturated carbocycles. The summed E-state index contributed by atoms with van der Waals surface area (Å²) < 4.78 is 13.1. The summed E-state index contributed by atoms with van der Waals surface area (Å²) in [6, 6.07) is 13.5. The summed E-state index contributed by atoms with van der Waals surface area (Å²) in [5.74, 6) is -0.373. The van der Waals surface area contributed by atoms with Gasteiger partial charge in [0.1, 0.15) is 5.82 Å². The number of benzene rings is 2. The molecule has 0 radical (unpaired) electrons. The summed E-state index contributed by atoms with van der Waals surface area (Å²) in [5, 5.41) is 3.79. The molecule has 0 fully saturated rings. The van der Waals surface area contributed by atoms with Crippen LogP contribution in [0.15, 0.2) is 53.3 Å². The number of aryl methyl sites for hydroxylation is 1. The maximum Gasteiger partial charge on any atom is 0.251 e. The number of carbonyl (C=O) groups excluding carboxylic acids is 1. The second-order valence-electron chi connectivity index (χ2n) is 6.49. The van der Waals surface area contributed by atoms with Gasteiger partial charge in [-0.15, -0.1) is 0 Å². The Hall–Kier alpha value is -2.95. The molecule has 2 N–H and O–H groups in total. The van der Waals surface area contributed by atoms with Gasteiger partial charge in [0, 0.05) is 17.7 Å². The Morgan fingerprint density at radius 3 is 2.58 bits per heavy atom. The first-order valence-corrected chi connectivity index (χ1v) is 8.65. The molecule has 0 bridgehead atoms. The number of fused-ring (bicyclic) bond motifs is 1. The highest BCUT2D eigenvalue weighted by Gasteiger charge is 2.15. The van der Waals surface area contributed by atoms with Gasteiger partial charge in [0.15, 0.2) is 0 Å². The molecule has 1 heterocycles. The van der Waals surface area contributed by atoms with E-state index in [2.05, 4.69) is 10.3 Å². The predicted octanol–water partition coefficient (Wildman–Crippen LogP) is 4.50. The molecule has 134 valence electrons. The van der Waals surface area contributed by atoms with Gasteiger partial charge in [-0.05, 0) is 60.5 Å². The van der Waals surface area contributed by atoms with Gasteiger partial charge in [-0.1, -0.05) is 25.1 Å². The highest BCUT2D eigenvalue weighted by Crippen LogP contribution is 2.24. The molecule has 5 heteroatoms. The average Bonchev–Trinajstić information content (AvgIpc) is 2.62. The Kier molecular flexibility index (Phi) is 5.16. The minimum absolute atomic E-state index is 0.0264. The van der Waals surface area contributed by atoms with Crippen LogP contribution in [0.1, 0.15) is 36.8 Å². The third kappa shape index (κ3) is 3.99. The fourth-order valence-electron chi connectivity index (χ4n) is 3.06. The van der Waals surface area contributed by atoms with E-state index >= 15 is 0 Å². The lowest BCUT2D eigenvalue weighted by molar-refractivity contribution is -0.116. The number of aromatic nitrogens is 1. The van der Waals surface area contributed by atoms with E-state index in [1.165, 1.54) is 12.1 Å². The van der Waals surface area contributed by atoms with Crippen LogP contribution in [0.3, 0.4) is 0 Å². The number of aromatic amines is 1. The maximum absolute atomic E-state index is 13.1. The molecule has 1 unspecified atom stereocenters. The number of H-pyrrole nitrogens is 1. The van der Waals surface area contributed by atoms with Crippen molar-refractivity contribution in [2.24, 2.45) is 0 Å². The first-order valence-electron chi connectivity index (χ1n) is 8.65. The molecule has 0 saturated heterocycles. The number of halogens is 1. The van der Waals surface area contributed by atoms with Crippen LogP contribution in [0, 0.1) is 12.7 Å². The molecule has 2 aromatic carbocycles. The third-order valence-electron chi connectivity index (χ3n) is 4.58. The van der Waals surface area contributed by atoms with Crippen LogP contribution in [0.25, 0.3) is 10.9 Å². The van der Waals surface area contributed by atoms with E-state index in [0.29, 0.717) is 23.2 Å². The van der Waals surface area contributed by atoms with Crippen molar-refractivity contribution in [1.82, 2.24) is 4.98 Å². The van der Waals surface area contributed by atoms with Gasteiger partial charge in [0.05, 0.1) is 5.52 Å². The molecule has 26 heavy (non-hydrogen) atoms. The smallest absolute Gasteiger partial charge is 0.251 e. The molecule has 0 aliphatic rings. The number of amides is 1. The molecule has 3 rings (SSSR count). The third-order valence-corrected chi connectivity index (χ3v) is 4.58. The largest absolute Gasteiger partial charge is 0.326 e. The Morgan fingerprint density at radius 2 is 1.88 bits per heavy atom. The van der Waals surface area contributed by atoms with Crippen LogP contribution in [-0.2, 0) is 4.79 Å². The SMILES string of the molecule is CCC(CC(=O)Nc1ccc2cc(C)c(=O)[nH]c2c1)c1ccc(F)cc1. The van der Waals surface area contributed by atoms with Gasteiger partial charge in [-0.3, -0.25) is 9.59 Å². The van der Waals surface area contributed by atoms with Gasteiger partial charge in [0.2, 0.25) is 5.91 Å². The highest BCUT2D eigenvalue weighted by molar-refractivity contribution is 5.93. The van der Waals surface area contributed by atoms with Crippen molar-refractivity contribution < 1.29 is 9.18 Å². The van der Waals surface area contributed by atoms with Gasteiger partial charge in [-0.25, -0.2) is 4.39 Å². The second kappa shape index (κ2) is 7.52. The minimum Gasteiger partial charge on any atom is -0.326 e. The van der Waals surface area contributed by atoms with E-state index in [0.717, 1.165) is 17.4 Å². The van der Waals surface area contributed by atoms with Gasteiger partial charge in [-0.2, -0.15) is 0 Å². The van der Waals surface area contributed by atoms with E-state index in [9.17, 15) is 14.0 Å². The van der Waals surface area contributed by atoms with Crippen LogP contribution < -0.4 is 10.9 Å². The number of carbonyl (C=O) groups is 1. The van der Waals surface area contributed by atoms with Crippen molar-refractivity contribution in [2.75, 3.05) is 5.32 Å². The number of rotatable bonds is 5. The molecular formula is C21H21FN2O2. The molecule has 0 aliphatic carbocycles. The molecule has 0 aliphatic heterocycles. The van der Waals surface area contributed by atoms with Crippen LogP contribution in [0.5, 0.6) is 0 Å². The fourth-order valence-corrected chi connectivity index (χ4v) is 3.06. The molecule has 1 amide bonds. The second-order valence-corrected chi connectivity index (χ2v) is 6.49. The Bertz CT molecular complexity index is 993. The van der Waals surface area contributed by atoms with E-state index in [4.69, 9.17) is 0 Å². The van der Waals surface area contributed by atoms with Crippen LogP contribution in [0.4, 0.5) is 10.1 Å². The lowest BCUT2D eigenvalue weighted by atomic mass is 9.93. The van der Waals surface area contributed by atoms with Crippen molar-refractivity contribution in [1.29, 1.82) is 0 Å². The Balaban J connectivity index is 1.74. The lowest BCUT2D eigenvalue weighted by Crippen LogP contribution is -2.16. The molecular weight excluding hydrogens is 331 g/mol. The number of hydrogen-bond donors (Lipinski definition) is 2.